The Morgan fingerprint density at radius 1 is 0.885 bits per heavy atom. The van der Waals surface area contributed by atoms with Crippen molar-refractivity contribution in [2.45, 2.75) is 13.1 Å². The maximum absolute atomic E-state index is 6.12. The normalized spacial score (nSPS) is 11.0. The summed E-state index contributed by atoms with van der Waals surface area (Å²) in [6.07, 6.45) is 1.75. The second-order valence-corrected chi connectivity index (χ2v) is 6.17. The van der Waals surface area contributed by atoms with Crippen molar-refractivity contribution in [3.05, 3.63) is 83.3 Å². The maximum atomic E-state index is 6.12. The molecule has 0 aliphatic rings. The molecule has 0 fully saturated rings. The third-order valence-corrected chi connectivity index (χ3v) is 4.16. The molecule has 2 N–H and O–H groups in total. The van der Waals surface area contributed by atoms with Gasteiger partial charge in [-0.1, -0.05) is 60.7 Å². The van der Waals surface area contributed by atoms with Crippen molar-refractivity contribution < 1.29 is 0 Å². The number of fused-ring (bicyclic) bond motifs is 1. The molecule has 130 valence electrons. The van der Waals surface area contributed by atoms with Gasteiger partial charge in [0.2, 0.25) is 5.28 Å². The molecule has 0 atom stereocenters. The lowest BCUT2D eigenvalue weighted by Gasteiger charge is -2.09. The SMILES string of the molecule is Clc1nc(NNCc2ccccc2)c2cnn(Cc3ccccc3)c2n1. The molecular formula is C19H17ClN6. The van der Waals surface area contributed by atoms with Gasteiger partial charge in [0.1, 0.15) is 0 Å². The van der Waals surface area contributed by atoms with E-state index in [0.717, 1.165) is 16.5 Å². The van der Waals surface area contributed by atoms with Crippen LogP contribution in [-0.4, -0.2) is 19.7 Å². The Morgan fingerprint density at radius 3 is 2.31 bits per heavy atom. The number of nitrogens with one attached hydrogen (secondary N) is 2. The molecule has 0 amide bonds. The first kappa shape index (κ1) is 16.5. The average Bonchev–Trinajstić information content (AvgIpc) is 3.06. The van der Waals surface area contributed by atoms with Gasteiger partial charge in [-0.3, -0.25) is 0 Å². The first-order valence-corrected chi connectivity index (χ1v) is 8.63. The van der Waals surface area contributed by atoms with Crippen LogP contribution in [0.15, 0.2) is 66.9 Å². The average molecular weight is 365 g/mol. The predicted molar refractivity (Wildman–Crippen MR) is 103 cm³/mol. The van der Waals surface area contributed by atoms with E-state index in [2.05, 4.69) is 50.2 Å². The van der Waals surface area contributed by atoms with Crippen molar-refractivity contribution in [3.8, 4) is 0 Å². The zero-order valence-electron chi connectivity index (χ0n) is 13.9. The summed E-state index contributed by atoms with van der Waals surface area (Å²) in [6.45, 7) is 1.27. The molecule has 2 aromatic carbocycles. The number of hydrazine groups is 1. The fourth-order valence-corrected chi connectivity index (χ4v) is 2.89. The molecule has 0 bridgehead atoms. The molecule has 0 saturated carbocycles. The summed E-state index contributed by atoms with van der Waals surface area (Å²) < 4.78 is 1.82. The Labute approximate surface area is 155 Å². The molecule has 0 radical (unpaired) electrons. The van der Waals surface area contributed by atoms with Gasteiger partial charge in [0, 0.05) is 6.54 Å². The Kier molecular flexibility index (Phi) is 4.77. The van der Waals surface area contributed by atoms with E-state index in [1.54, 1.807) is 6.20 Å². The van der Waals surface area contributed by atoms with Crippen LogP contribution in [0.3, 0.4) is 0 Å². The van der Waals surface area contributed by atoms with E-state index >= 15 is 0 Å². The summed E-state index contributed by atoms with van der Waals surface area (Å²) in [6, 6.07) is 20.2. The maximum Gasteiger partial charge on any atom is 0.226 e. The second kappa shape index (κ2) is 7.51. The van der Waals surface area contributed by atoms with Crippen molar-refractivity contribution in [3.63, 3.8) is 0 Å². The highest BCUT2D eigenvalue weighted by Gasteiger charge is 2.12. The first-order chi connectivity index (χ1) is 12.8. The van der Waals surface area contributed by atoms with E-state index in [9.17, 15) is 0 Å². The van der Waals surface area contributed by atoms with Crippen molar-refractivity contribution in [1.29, 1.82) is 0 Å². The fraction of sp³-hybridized carbons (Fsp3) is 0.105. The van der Waals surface area contributed by atoms with E-state index in [0.29, 0.717) is 24.6 Å². The van der Waals surface area contributed by atoms with Crippen LogP contribution in [0.4, 0.5) is 5.82 Å². The van der Waals surface area contributed by atoms with Gasteiger partial charge in [0.25, 0.3) is 0 Å². The van der Waals surface area contributed by atoms with Gasteiger partial charge >= 0.3 is 0 Å². The van der Waals surface area contributed by atoms with Crippen LogP contribution >= 0.6 is 11.6 Å². The number of aromatic nitrogens is 4. The van der Waals surface area contributed by atoms with Crippen molar-refractivity contribution in [2.75, 3.05) is 5.43 Å². The highest BCUT2D eigenvalue weighted by Crippen LogP contribution is 2.22. The number of rotatable bonds is 6. The minimum absolute atomic E-state index is 0.177. The molecule has 4 aromatic rings. The van der Waals surface area contributed by atoms with E-state index in [1.165, 1.54) is 0 Å². The van der Waals surface area contributed by atoms with E-state index in [1.807, 2.05) is 41.1 Å². The molecule has 26 heavy (non-hydrogen) atoms. The standard InChI is InChI=1S/C19H17ClN6/c20-19-23-17(25-21-11-14-7-3-1-4-8-14)16-12-22-26(18(16)24-19)13-15-9-5-2-6-10-15/h1-10,12,21H,11,13H2,(H,23,24,25). The summed E-state index contributed by atoms with van der Waals surface area (Å²) in [4.78, 5) is 8.63. The van der Waals surface area contributed by atoms with Crippen LogP contribution in [-0.2, 0) is 13.1 Å². The lowest BCUT2D eigenvalue weighted by atomic mass is 10.2. The van der Waals surface area contributed by atoms with Crippen molar-refractivity contribution in [2.24, 2.45) is 0 Å². The van der Waals surface area contributed by atoms with Crippen molar-refractivity contribution in [1.82, 2.24) is 25.2 Å². The fourth-order valence-electron chi connectivity index (χ4n) is 2.72. The van der Waals surface area contributed by atoms with E-state index < -0.39 is 0 Å². The number of nitrogens with zero attached hydrogens (tertiary/aromatic N) is 4. The minimum Gasteiger partial charge on any atom is -0.305 e. The summed E-state index contributed by atoms with van der Waals surface area (Å²) in [5.74, 6) is 0.607. The molecule has 7 heteroatoms. The van der Waals surface area contributed by atoms with Gasteiger partial charge < -0.3 is 5.43 Å². The zero-order valence-corrected chi connectivity index (χ0v) is 14.7. The predicted octanol–water partition coefficient (Wildman–Crippen LogP) is 3.64. The van der Waals surface area contributed by atoms with Crippen molar-refractivity contribution >= 4 is 28.5 Å². The first-order valence-electron chi connectivity index (χ1n) is 8.25. The van der Waals surface area contributed by atoms with Crippen LogP contribution in [0.5, 0.6) is 0 Å². The van der Waals surface area contributed by atoms with E-state index in [4.69, 9.17) is 11.6 Å². The van der Waals surface area contributed by atoms with Crippen LogP contribution in [0.25, 0.3) is 11.0 Å². The molecule has 2 aromatic heterocycles. The van der Waals surface area contributed by atoms with Gasteiger partial charge in [-0.05, 0) is 22.7 Å². The van der Waals surface area contributed by atoms with Crippen LogP contribution in [0.2, 0.25) is 5.28 Å². The zero-order chi connectivity index (χ0) is 17.8. The number of halogens is 1. The largest absolute Gasteiger partial charge is 0.305 e. The minimum atomic E-state index is 0.177. The highest BCUT2D eigenvalue weighted by atomic mass is 35.5. The molecule has 6 nitrogen and oxygen atoms in total. The number of hydrogen-bond acceptors (Lipinski definition) is 5. The van der Waals surface area contributed by atoms with Crippen LogP contribution in [0.1, 0.15) is 11.1 Å². The molecule has 0 saturated heterocycles. The number of anilines is 1. The smallest absolute Gasteiger partial charge is 0.226 e. The van der Waals surface area contributed by atoms with Gasteiger partial charge in [-0.2, -0.15) is 15.1 Å². The number of hydrogen-bond donors (Lipinski definition) is 2. The molecular weight excluding hydrogens is 348 g/mol. The molecule has 2 heterocycles. The lowest BCUT2D eigenvalue weighted by molar-refractivity contribution is 0.703. The quantitative estimate of drug-likeness (QED) is 0.404. The summed E-state index contributed by atoms with van der Waals surface area (Å²) >= 11 is 6.12. The van der Waals surface area contributed by atoms with Gasteiger partial charge in [0.15, 0.2) is 11.5 Å². The molecule has 0 aliphatic heterocycles. The number of benzene rings is 2. The molecule has 4 rings (SSSR count). The Hall–Kier alpha value is -2.96. The molecule has 0 spiro atoms. The monoisotopic (exact) mass is 364 g/mol. The Balaban J connectivity index is 1.55. The van der Waals surface area contributed by atoms with E-state index in [-0.39, 0.29) is 5.28 Å². The topological polar surface area (TPSA) is 67.7 Å². The Morgan fingerprint density at radius 2 is 1.58 bits per heavy atom. The summed E-state index contributed by atoms with van der Waals surface area (Å²) in [5.41, 5.74) is 9.27. The second-order valence-electron chi connectivity index (χ2n) is 5.83. The van der Waals surface area contributed by atoms with Gasteiger partial charge in [-0.25, -0.2) is 10.1 Å². The lowest BCUT2D eigenvalue weighted by Crippen LogP contribution is -2.22. The summed E-state index contributed by atoms with van der Waals surface area (Å²) in [7, 11) is 0. The molecule has 0 aliphatic carbocycles. The van der Waals surface area contributed by atoms with Gasteiger partial charge in [0.05, 0.1) is 18.1 Å². The third-order valence-electron chi connectivity index (χ3n) is 3.99. The highest BCUT2D eigenvalue weighted by molar-refractivity contribution is 6.28. The summed E-state index contributed by atoms with van der Waals surface area (Å²) in [5, 5.41) is 5.43. The third kappa shape index (κ3) is 3.66. The van der Waals surface area contributed by atoms with Crippen LogP contribution < -0.4 is 10.9 Å². The van der Waals surface area contributed by atoms with Crippen LogP contribution in [0, 0.1) is 0 Å². The Bertz CT molecular complexity index is 1000. The van der Waals surface area contributed by atoms with Gasteiger partial charge in [-0.15, -0.1) is 0 Å². The molecule has 0 unspecified atom stereocenters.